The van der Waals surface area contributed by atoms with E-state index in [-0.39, 0.29) is 6.10 Å². The zero-order valence-corrected chi connectivity index (χ0v) is 14.8. The van der Waals surface area contributed by atoms with Crippen LogP contribution in [0, 0.1) is 0 Å². The van der Waals surface area contributed by atoms with Crippen LogP contribution in [0.15, 0.2) is 45.9 Å². The number of aliphatic hydroxyl groups is 1. The highest BCUT2D eigenvalue weighted by atomic mass is 79.9. The first-order chi connectivity index (χ1) is 10.1. The molecule has 0 fully saturated rings. The smallest absolute Gasteiger partial charge is 0.0690 e. The first kappa shape index (κ1) is 16.6. The molecule has 1 aromatic carbocycles. The van der Waals surface area contributed by atoms with Gasteiger partial charge in [0.2, 0.25) is 0 Å². The van der Waals surface area contributed by atoms with Crippen molar-refractivity contribution in [2.45, 2.75) is 43.7 Å². The van der Waals surface area contributed by atoms with Gasteiger partial charge in [0.1, 0.15) is 0 Å². The quantitative estimate of drug-likeness (QED) is 0.739. The van der Waals surface area contributed by atoms with Crippen LogP contribution in [0.2, 0.25) is 0 Å². The van der Waals surface area contributed by atoms with Crippen molar-refractivity contribution in [3.8, 4) is 0 Å². The second kappa shape index (κ2) is 8.01. The maximum Gasteiger partial charge on any atom is 0.0690 e. The Kier molecular flexibility index (Phi) is 6.33. The third-order valence-electron chi connectivity index (χ3n) is 3.42. The molecule has 3 nitrogen and oxygen atoms in total. The van der Waals surface area contributed by atoms with Gasteiger partial charge in [0.15, 0.2) is 0 Å². The minimum atomic E-state index is -0.387. The second-order valence-corrected chi connectivity index (χ2v) is 7.06. The summed E-state index contributed by atoms with van der Waals surface area (Å²) in [5.41, 5.74) is 0.954. The van der Waals surface area contributed by atoms with Crippen molar-refractivity contribution in [3.63, 3.8) is 0 Å². The summed E-state index contributed by atoms with van der Waals surface area (Å²) in [5, 5.41) is 14.7. The van der Waals surface area contributed by atoms with E-state index in [0.717, 1.165) is 21.5 Å². The Morgan fingerprint density at radius 1 is 1.33 bits per heavy atom. The second-order valence-electron chi connectivity index (χ2n) is 5.14. The van der Waals surface area contributed by atoms with Gasteiger partial charge in [-0.15, -0.1) is 11.8 Å². The number of nitrogens with zero attached hydrogens (tertiary/aromatic N) is 2. The van der Waals surface area contributed by atoms with Crippen molar-refractivity contribution < 1.29 is 5.11 Å². The van der Waals surface area contributed by atoms with Crippen LogP contribution >= 0.6 is 27.7 Å². The molecule has 0 saturated carbocycles. The summed E-state index contributed by atoms with van der Waals surface area (Å²) in [4.78, 5) is 1.15. The third kappa shape index (κ3) is 4.87. The predicted octanol–water partition coefficient (Wildman–Crippen LogP) is 4.31. The zero-order valence-electron chi connectivity index (χ0n) is 12.4. The summed E-state index contributed by atoms with van der Waals surface area (Å²) in [6, 6.07) is 10.5. The molecule has 0 spiro atoms. The van der Waals surface area contributed by atoms with Crippen LogP contribution in [0.1, 0.15) is 32.0 Å². The highest BCUT2D eigenvalue weighted by molar-refractivity contribution is 9.10. The Morgan fingerprint density at radius 2 is 2.10 bits per heavy atom. The Labute approximate surface area is 138 Å². The standard InChI is InChI=1S/C16H21BrN2OS/c1-3-12(2)19-9-8-13(18-19)10-14(20)11-21-16-7-5-4-6-15(16)17/h4-9,12,14,20H,3,10-11H2,1-2H3. The minimum Gasteiger partial charge on any atom is -0.392 e. The highest BCUT2D eigenvalue weighted by Crippen LogP contribution is 2.27. The third-order valence-corrected chi connectivity index (χ3v) is 5.59. The van der Waals surface area contributed by atoms with Crippen LogP contribution in [0.3, 0.4) is 0 Å². The van der Waals surface area contributed by atoms with Crippen LogP contribution in [0.25, 0.3) is 0 Å². The van der Waals surface area contributed by atoms with E-state index in [9.17, 15) is 5.11 Å². The van der Waals surface area contributed by atoms with Gasteiger partial charge in [-0.2, -0.15) is 5.10 Å². The van der Waals surface area contributed by atoms with Gasteiger partial charge in [-0.3, -0.25) is 4.68 Å². The van der Waals surface area contributed by atoms with E-state index in [1.54, 1.807) is 11.8 Å². The Hall–Kier alpha value is -0.780. The lowest BCUT2D eigenvalue weighted by Crippen LogP contribution is -2.14. The van der Waals surface area contributed by atoms with E-state index < -0.39 is 0 Å². The van der Waals surface area contributed by atoms with E-state index in [4.69, 9.17) is 0 Å². The maximum absolute atomic E-state index is 10.2. The topological polar surface area (TPSA) is 38.0 Å². The summed E-state index contributed by atoms with van der Waals surface area (Å²) >= 11 is 5.18. The predicted molar refractivity (Wildman–Crippen MR) is 91.8 cm³/mol. The highest BCUT2D eigenvalue weighted by Gasteiger charge is 2.11. The number of halogens is 1. The minimum absolute atomic E-state index is 0.387. The zero-order chi connectivity index (χ0) is 15.2. The summed E-state index contributed by atoms with van der Waals surface area (Å²) < 4.78 is 3.05. The average Bonchev–Trinajstić information content (AvgIpc) is 2.94. The first-order valence-electron chi connectivity index (χ1n) is 7.19. The van der Waals surface area contributed by atoms with Crippen molar-refractivity contribution in [1.82, 2.24) is 9.78 Å². The monoisotopic (exact) mass is 368 g/mol. The number of aromatic nitrogens is 2. The molecule has 0 saturated heterocycles. The summed E-state index contributed by atoms with van der Waals surface area (Å²) in [6.07, 6.45) is 3.27. The van der Waals surface area contributed by atoms with Gasteiger partial charge in [-0.1, -0.05) is 19.1 Å². The molecular weight excluding hydrogens is 348 g/mol. The van der Waals surface area contributed by atoms with E-state index >= 15 is 0 Å². The van der Waals surface area contributed by atoms with Gasteiger partial charge in [-0.25, -0.2) is 0 Å². The van der Waals surface area contributed by atoms with Gasteiger partial charge in [-0.05, 0) is 47.5 Å². The van der Waals surface area contributed by atoms with Crippen LogP contribution in [0.4, 0.5) is 0 Å². The van der Waals surface area contributed by atoms with E-state index in [1.165, 1.54) is 0 Å². The molecule has 2 atom stereocenters. The van der Waals surface area contributed by atoms with Crippen molar-refractivity contribution in [1.29, 1.82) is 0 Å². The molecule has 0 amide bonds. The van der Waals surface area contributed by atoms with Crippen molar-refractivity contribution in [2.24, 2.45) is 0 Å². The molecule has 114 valence electrons. The molecule has 2 unspecified atom stereocenters. The fourth-order valence-electron chi connectivity index (χ4n) is 1.97. The first-order valence-corrected chi connectivity index (χ1v) is 8.97. The molecule has 2 aromatic rings. The molecule has 21 heavy (non-hydrogen) atoms. The Balaban J connectivity index is 1.86. The molecular formula is C16H21BrN2OS. The van der Waals surface area contributed by atoms with Crippen LogP contribution < -0.4 is 0 Å². The van der Waals surface area contributed by atoms with Crippen molar-refractivity contribution in [2.75, 3.05) is 5.75 Å². The fourth-order valence-corrected chi connectivity index (χ4v) is 3.47. The maximum atomic E-state index is 10.2. The summed E-state index contributed by atoms with van der Waals surface area (Å²) in [6.45, 7) is 4.30. The molecule has 1 N–H and O–H groups in total. The van der Waals surface area contributed by atoms with Gasteiger partial charge >= 0.3 is 0 Å². The van der Waals surface area contributed by atoms with Gasteiger partial charge in [0, 0.05) is 33.8 Å². The summed E-state index contributed by atoms with van der Waals surface area (Å²) in [7, 11) is 0. The molecule has 1 aromatic heterocycles. The molecule has 0 aliphatic heterocycles. The molecule has 2 rings (SSSR count). The molecule has 0 aliphatic rings. The van der Waals surface area contributed by atoms with Gasteiger partial charge < -0.3 is 5.11 Å². The van der Waals surface area contributed by atoms with Crippen molar-refractivity contribution >= 4 is 27.7 Å². The lowest BCUT2D eigenvalue weighted by molar-refractivity contribution is 0.198. The largest absolute Gasteiger partial charge is 0.392 e. The molecule has 0 radical (unpaired) electrons. The Bertz CT molecular complexity index is 573. The van der Waals surface area contributed by atoms with Crippen LogP contribution in [-0.2, 0) is 6.42 Å². The van der Waals surface area contributed by atoms with E-state index in [1.807, 2.05) is 35.1 Å². The van der Waals surface area contributed by atoms with Gasteiger partial charge in [0.05, 0.1) is 11.8 Å². The number of rotatable bonds is 7. The lowest BCUT2D eigenvalue weighted by atomic mass is 10.2. The average molecular weight is 369 g/mol. The van der Waals surface area contributed by atoms with Crippen molar-refractivity contribution in [3.05, 3.63) is 46.7 Å². The molecule has 1 heterocycles. The number of hydrogen-bond donors (Lipinski definition) is 1. The van der Waals surface area contributed by atoms with E-state index in [2.05, 4.69) is 40.9 Å². The normalized spacial score (nSPS) is 14.1. The molecule has 0 aliphatic carbocycles. The van der Waals surface area contributed by atoms with Gasteiger partial charge in [0.25, 0.3) is 0 Å². The fraction of sp³-hybridized carbons (Fsp3) is 0.438. The number of benzene rings is 1. The lowest BCUT2D eigenvalue weighted by Gasteiger charge is -2.10. The number of thioether (sulfide) groups is 1. The SMILES string of the molecule is CCC(C)n1ccc(CC(O)CSc2ccccc2Br)n1. The van der Waals surface area contributed by atoms with Crippen LogP contribution in [0.5, 0.6) is 0 Å². The number of hydrogen-bond acceptors (Lipinski definition) is 3. The summed E-state index contributed by atoms with van der Waals surface area (Å²) in [5.74, 6) is 0.665. The number of aliphatic hydroxyl groups excluding tert-OH is 1. The molecule has 0 bridgehead atoms. The molecule has 5 heteroatoms. The van der Waals surface area contributed by atoms with E-state index in [0.29, 0.717) is 18.2 Å². The van der Waals surface area contributed by atoms with Crippen LogP contribution in [-0.4, -0.2) is 26.7 Å². The Morgan fingerprint density at radius 3 is 2.81 bits per heavy atom.